The highest BCUT2D eigenvalue weighted by molar-refractivity contribution is 5.93. The standard InChI is InChI=1S/C17H23NO3/c1-16(2,3)21-15(20)18-17(12-8-7-11-14(17)19)13-9-5-4-6-10-13/h4-6,9-10H,7-8,11-12H2,1-3H3,(H,18,20). The Morgan fingerprint density at radius 3 is 2.43 bits per heavy atom. The van der Waals surface area contributed by atoms with Crippen LogP contribution in [0.3, 0.4) is 0 Å². The SMILES string of the molecule is CC(C)(C)OC(=O)NC1(c2ccccc2)CCCCC1=O. The van der Waals surface area contributed by atoms with Gasteiger partial charge < -0.3 is 10.1 Å². The van der Waals surface area contributed by atoms with Crippen LogP contribution in [-0.4, -0.2) is 17.5 Å². The molecule has 1 amide bonds. The Kier molecular flexibility index (Phi) is 4.35. The van der Waals surface area contributed by atoms with E-state index in [0.717, 1.165) is 18.4 Å². The lowest BCUT2D eigenvalue weighted by Crippen LogP contribution is -2.54. The van der Waals surface area contributed by atoms with Crippen molar-refractivity contribution in [3.63, 3.8) is 0 Å². The average Bonchev–Trinajstić information content (AvgIpc) is 2.40. The van der Waals surface area contributed by atoms with Crippen LogP contribution < -0.4 is 5.32 Å². The lowest BCUT2D eigenvalue weighted by atomic mass is 9.75. The van der Waals surface area contributed by atoms with Crippen molar-refractivity contribution in [2.75, 3.05) is 0 Å². The van der Waals surface area contributed by atoms with Gasteiger partial charge in [0.2, 0.25) is 0 Å². The zero-order valence-electron chi connectivity index (χ0n) is 12.9. The summed E-state index contributed by atoms with van der Waals surface area (Å²) in [6, 6.07) is 9.45. The van der Waals surface area contributed by atoms with Crippen molar-refractivity contribution in [3.05, 3.63) is 35.9 Å². The Balaban J connectivity index is 2.29. The fraction of sp³-hybridized carbons (Fsp3) is 0.529. The molecule has 114 valence electrons. The maximum atomic E-state index is 12.5. The van der Waals surface area contributed by atoms with E-state index in [4.69, 9.17) is 4.74 Å². The molecule has 1 atom stereocenters. The lowest BCUT2D eigenvalue weighted by Gasteiger charge is -2.37. The molecule has 0 spiro atoms. The number of benzene rings is 1. The summed E-state index contributed by atoms with van der Waals surface area (Å²) >= 11 is 0. The maximum Gasteiger partial charge on any atom is 0.408 e. The lowest BCUT2D eigenvalue weighted by molar-refractivity contribution is -0.128. The largest absolute Gasteiger partial charge is 0.444 e. The molecular weight excluding hydrogens is 266 g/mol. The molecule has 1 fully saturated rings. The molecule has 2 rings (SSSR count). The Labute approximate surface area is 125 Å². The predicted octanol–water partition coefficient (Wildman–Crippen LogP) is 3.55. The van der Waals surface area contributed by atoms with Gasteiger partial charge in [-0.3, -0.25) is 4.79 Å². The number of rotatable bonds is 2. The van der Waals surface area contributed by atoms with Crippen LogP contribution in [0, 0.1) is 0 Å². The van der Waals surface area contributed by atoms with E-state index >= 15 is 0 Å². The molecule has 1 aliphatic carbocycles. The molecule has 0 heterocycles. The predicted molar refractivity (Wildman–Crippen MR) is 81.0 cm³/mol. The molecule has 1 unspecified atom stereocenters. The van der Waals surface area contributed by atoms with E-state index in [1.807, 2.05) is 51.1 Å². The smallest absolute Gasteiger partial charge is 0.408 e. The number of hydrogen-bond acceptors (Lipinski definition) is 3. The molecule has 0 bridgehead atoms. The van der Waals surface area contributed by atoms with Gasteiger partial charge in [0.1, 0.15) is 11.1 Å². The molecule has 1 aromatic rings. The second kappa shape index (κ2) is 5.88. The van der Waals surface area contributed by atoms with Crippen molar-refractivity contribution >= 4 is 11.9 Å². The molecule has 1 saturated carbocycles. The van der Waals surface area contributed by atoms with Crippen molar-refractivity contribution in [2.45, 2.75) is 57.6 Å². The van der Waals surface area contributed by atoms with Gasteiger partial charge in [-0.25, -0.2) is 4.79 Å². The van der Waals surface area contributed by atoms with Gasteiger partial charge in [0.25, 0.3) is 0 Å². The van der Waals surface area contributed by atoms with Crippen molar-refractivity contribution < 1.29 is 14.3 Å². The van der Waals surface area contributed by atoms with E-state index in [2.05, 4.69) is 5.32 Å². The van der Waals surface area contributed by atoms with E-state index in [-0.39, 0.29) is 5.78 Å². The normalized spacial score (nSPS) is 22.7. The van der Waals surface area contributed by atoms with Gasteiger partial charge in [-0.05, 0) is 45.6 Å². The van der Waals surface area contributed by atoms with E-state index < -0.39 is 17.2 Å². The van der Waals surface area contributed by atoms with Crippen LogP contribution in [-0.2, 0) is 15.1 Å². The molecule has 0 aromatic heterocycles. The highest BCUT2D eigenvalue weighted by Crippen LogP contribution is 2.34. The number of carbonyl (C=O) groups is 2. The first-order chi connectivity index (χ1) is 9.83. The third-order valence-electron chi connectivity index (χ3n) is 3.66. The Morgan fingerprint density at radius 1 is 1.19 bits per heavy atom. The highest BCUT2D eigenvalue weighted by atomic mass is 16.6. The summed E-state index contributed by atoms with van der Waals surface area (Å²) in [6.45, 7) is 5.43. The van der Waals surface area contributed by atoms with Gasteiger partial charge in [-0.15, -0.1) is 0 Å². The summed E-state index contributed by atoms with van der Waals surface area (Å²) in [5.74, 6) is 0.0609. The van der Waals surface area contributed by atoms with Crippen molar-refractivity contribution in [1.29, 1.82) is 0 Å². The van der Waals surface area contributed by atoms with Crippen molar-refractivity contribution in [1.82, 2.24) is 5.32 Å². The van der Waals surface area contributed by atoms with Crippen LogP contribution in [0.15, 0.2) is 30.3 Å². The number of carbonyl (C=O) groups excluding carboxylic acids is 2. The Hall–Kier alpha value is -1.84. The van der Waals surface area contributed by atoms with Crippen molar-refractivity contribution in [2.24, 2.45) is 0 Å². The third-order valence-corrected chi connectivity index (χ3v) is 3.66. The average molecular weight is 289 g/mol. The molecule has 21 heavy (non-hydrogen) atoms. The summed E-state index contributed by atoms with van der Waals surface area (Å²) in [4.78, 5) is 24.7. The maximum absolute atomic E-state index is 12.5. The van der Waals surface area contributed by atoms with Gasteiger partial charge >= 0.3 is 6.09 Å². The summed E-state index contributed by atoms with van der Waals surface area (Å²) in [5.41, 5.74) is -0.692. The number of Topliss-reactive ketones (excluding diaryl/α,β-unsaturated/α-hetero) is 1. The molecule has 0 saturated heterocycles. The minimum Gasteiger partial charge on any atom is -0.444 e. The monoisotopic (exact) mass is 289 g/mol. The highest BCUT2D eigenvalue weighted by Gasteiger charge is 2.43. The Morgan fingerprint density at radius 2 is 1.86 bits per heavy atom. The number of ketones is 1. The zero-order chi connectivity index (χ0) is 15.5. The summed E-state index contributed by atoms with van der Waals surface area (Å²) in [7, 11) is 0. The summed E-state index contributed by atoms with van der Waals surface area (Å²) in [5, 5.41) is 2.84. The quantitative estimate of drug-likeness (QED) is 0.905. The second-order valence-corrected chi connectivity index (χ2v) is 6.53. The van der Waals surface area contributed by atoms with Gasteiger partial charge in [0, 0.05) is 6.42 Å². The summed E-state index contributed by atoms with van der Waals surface area (Å²) in [6.07, 6.45) is 2.36. The van der Waals surface area contributed by atoms with E-state index in [1.165, 1.54) is 0 Å². The molecule has 4 heteroatoms. The number of amides is 1. The molecule has 1 aliphatic rings. The first-order valence-electron chi connectivity index (χ1n) is 7.43. The molecule has 1 N–H and O–H groups in total. The van der Waals surface area contributed by atoms with Crippen LogP contribution in [0.1, 0.15) is 52.0 Å². The first-order valence-corrected chi connectivity index (χ1v) is 7.43. The second-order valence-electron chi connectivity index (χ2n) is 6.53. The minimum atomic E-state index is -0.943. The Bertz CT molecular complexity index is 519. The third kappa shape index (κ3) is 3.63. The molecule has 4 nitrogen and oxygen atoms in total. The first kappa shape index (κ1) is 15.5. The summed E-state index contributed by atoms with van der Waals surface area (Å²) < 4.78 is 5.33. The fourth-order valence-corrected chi connectivity index (χ4v) is 2.74. The molecule has 0 radical (unpaired) electrons. The van der Waals surface area contributed by atoms with Crippen LogP contribution in [0.5, 0.6) is 0 Å². The van der Waals surface area contributed by atoms with Crippen LogP contribution >= 0.6 is 0 Å². The number of alkyl carbamates (subject to hydrolysis) is 1. The van der Waals surface area contributed by atoms with Gasteiger partial charge in [0.15, 0.2) is 5.78 Å². The molecule has 1 aromatic carbocycles. The van der Waals surface area contributed by atoms with Gasteiger partial charge in [0.05, 0.1) is 0 Å². The number of ether oxygens (including phenoxy) is 1. The minimum absolute atomic E-state index is 0.0609. The van der Waals surface area contributed by atoms with Gasteiger partial charge in [-0.1, -0.05) is 30.3 Å². The number of hydrogen-bond donors (Lipinski definition) is 1. The molecule has 0 aliphatic heterocycles. The van der Waals surface area contributed by atoms with Gasteiger partial charge in [-0.2, -0.15) is 0 Å². The molecular formula is C17H23NO3. The van der Waals surface area contributed by atoms with Crippen molar-refractivity contribution in [3.8, 4) is 0 Å². The van der Waals surface area contributed by atoms with Crippen LogP contribution in [0.25, 0.3) is 0 Å². The zero-order valence-corrected chi connectivity index (χ0v) is 12.9. The van der Waals surface area contributed by atoms with E-state index in [0.29, 0.717) is 12.8 Å². The van der Waals surface area contributed by atoms with E-state index in [9.17, 15) is 9.59 Å². The number of nitrogens with one attached hydrogen (secondary N) is 1. The topological polar surface area (TPSA) is 55.4 Å². The van der Waals surface area contributed by atoms with Crippen LogP contribution in [0.4, 0.5) is 4.79 Å². The fourth-order valence-electron chi connectivity index (χ4n) is 2.74. The van der Waals surface area contributed by atoms with E-state index in [1.54, 1.807) is 0 Å². The van der Waals surface area contributed by atoms with Crippen LogP contribution in [0.2, 0.25) is 0 Å².